The molecule has 0 fully saturated rings. The van der Waals surface area contributed by atoms with Crippen molar-refractivity contribution in [2.45, 2.75) is 40.0 Å². The highest BCUT2D eigenvalue weighted by atomic mass is 127. The van der Waals surface area contributed by atoms with E-state index in [-0.39, 0.29) is 5.41 Å². The number of methoxy groups -OCH3 is 1. The minimum atomic E-state index is -0.455. The largest absolute Gasteiger partial charge is 0.495 e. The minimum absolute atomic E-state index is 0.132. The van der Waals surface area contributed by atoms with Gasteiger partial charge in [0.15, 0.2) is 0 Å². The molecule has 6 heteroatoms. The van der Waals surface area contributed by atoms with Crippen LogP contribution in [0.5, 0.6) is 5.75 Å². The second-order valence-electron chi connectivity index (χ2n) is 5.74. The first-order chi connectivity index (χ1) is 10.7. The summed E-state index contributed by atoms with van der Waals surface area (Å²) in [5.74, 6) is 0.810. The molecule has 0 atom stereocenters. The third-order valence-electron chi connectivity index (χ3n) is 3.14. The predicted molar refractivity (Wildman–Crippen MR) is 102 cm³/mol. The van der Waals surface area contributed by atoms with Crippen LogP contribution in [0.3, 0.4) is 0 Å². The zero-order chi connectivity index (χ0) is 17.8. The number of ether oxygens (including phenoxy) is 1. The number of benzene rings is 1. The van der Waals surface area contributed by atoms with Gasteiger partial charge in [0.2, 0.25) is 0 Å². The van der Waals surface area contributed by atoms with Gasteiger partial charge in [-0.05, 0) is 40.1 Å². The molecule has 0 amide bonds. The normalized spacial score (nSPS) is 10.7. The van der Waals surface area contributed by atoms with Gasteiger partial charge in [-0.15, -0.1) is 0 Å². The van der Waals surface area contributed by atoms with Gasteiger partial charge in [0, 0.05) is 17.8 Å². The van der Waals surface area contributed by atoms with Gasteiger partial charge in [-0.3, -0.25) is 14.3 Å². The van der Waals surface area contributed by atoms with Crippen LogP contribution in [0.25, 0.3) is 5.69 Å². The first kappa shape index (κ1) is 19.5. The highest BCUT2D eigenvalue weighted by molar-refractivity contribution is 14.1. The Morgan fingerprint density at radius 1 is 1.17 bits per heavy atom. The van der Waals surface area contributed by atoms with Gasteiger partial charge in [0.1, 0.15) is 5.75 Å². The van der Waals surface area contributed by atoms with Gasteiger partial charge in [-0.1, -0.05) is 34.6 Å². The molecule has 0 aliphatic carbocycles. The van der Waals surface area contributed by atoms with E-state index in [4.69, 9.17) is 4.74 Å². The molecular formula is C17H23IN2O3. The third kappa shape index (κ3) is 4.46. The van der Waals surface area contributed by atoms with Crippen molar-refractivity contribution >= 4 is 22.6 Å². The van der Waals surface area contributed by atoms with Crippen LogP contribution in [0.4, 0.5) is 0 Å². The number of H-pyrrole nitrogens is 1. The second-order valence-corrected chi connectivity index (χ2v) is 6.90. The molecule has 23 heavy (non-hydrogen) atoms. The molecular weight excluding hydrogens is 407 g/mol. The van der Waals surface area contributed by atoms with Crippen LogP contribution in [0.1, 0.15) is 40.2 Å². The van der Waals surface area contributed by atoms with Crippen molar-refractivity contribution in [2.24, 2.45) is 0 Å². The van der Waals surface area contributed by atoms with Crippen LogP contribution in [-0.4, -0.2) is 16.7 Å². The van der Waals surface area contributed by atoms with Gasteiger partial charge >= 0.3 is 5.69 Å². The number of nitrogens with zero attached hydrogens (tertiary/aromatic N) is 1. The van der Waals surface area contributed by atoms with E-state index < -0.39 is 11.2 Å². The van der Waals surface area contributed by atoms with Gasteiger partial charge < -0.3 is 4.74 Å². The molecule has 0 saturated carbocycles. The molecule has 1 heterocycles. The number of aromatic nitrogens is 2. The molecule has 5 nitrogen and oxygen atoms in total. The van der Waals surface area contributed by atoms with Crippen LogP contribution in [0, 0.1) is 3.57 Å². The van der Waals surface area contributed by atoms with E-state index in [1.165, 1.54) is 16.8 Å². The summed E-state index contributed by atoms with van der Waals surface area (Å²) in [5, 5.41) is 0. The van der Waals surface area contributed by atoms with Crippen LogP contribution in [-0.2, 0) is 5.41 Å². The smallest absolute Gasteiger partial charge is 0.332 e. The van der Waals surface area contributed by atoms with E-state index in [9.17, 15) is 9.59 Å². The molecule has 0 bridgehead atoms. The van der Waals surface area contributed by atoms with Crippen molar-refractivity contribution < 1.29 is 4.74 Å². The molecule has 2 aromatic rings. The number of hydrogen-bond donors (Lipinski definition) is 1. The summed E-state index contributed by atoms with van der Waals surface area (Å²) in [6.45, 7) is 10.3. The summed E-state index contributed by atoms with van der Waals surface area (Å²) in [6.07, 6.45) is 1.48. The average Bonchev–Trinajstić information content (AvgIpc) is 2.47. The molecule has 2 rings (SSSR count). The molecule has 1 aromatic carbocycles. The fourth-order valence-corrected chi connectivity index (χ4v) is 2.93. The fraction of sp³-hybridized carbons (Fsp3) is 0.412. The Kier molecular flexibility index (Phi) is 6.61. The van der Waals surface area contributed by atoms with Crippen molar-refractivity contribution in [3.8, 4) is 11.4 Å². The Labute approximate surface area is 149 Å². The maximum atomic E-state index is 11.9. The SMILES string of the molecule is CC.COc1c(I)cc(-n2ccc(=O)[nH]c2=O)cc1C(C)(C)C. The summed E-state index contributed by atoms with van der Waals surface area (Å²) >= 11 is 2.18. The van der Waals surface area contributed by atoms with E-state index in [0.717, 1.165) is 14.9 Å². The monoisotopic (exact) mass is 430 g/mol. The Morgan fingerprint density at radius 2 is 1.78 bits per heavy atom. The molecule has 0 spiro atoms. The Balaban J connectivity index is 0.00000127. The highest BCUT2D eigenvalue weighted by Gasteiger charge is 2.22. The molecule has 0 unspecified atom stereocenters. The third-order valence-corrected chi connectivity index (χ3v) is 3.94. The summed E-state index contributed by atoms with van der Waals surface area (Å²) in [5.41, 5.74) is 0.711. The lowest BCUT2D eigenvalue weighted by Gasteiger charge is -2.24. The summed E-state index contributed by atoms with van der Waals surface area (Å²) in [4.78, 5) is 25.4. The van der Waals surface area contributed by atoms with Crippen molar-refractivity contribution in [1.29, 1.82) is 0 Å². The molecule has 1 N–H and O–H groups in total. The molecule has 0 aliphatic heterocycles. The number of hydrogen-bond acceptors (Lipinski definition) is 3. The predicted octanol–water partition coefficient (Wildman–Crippen LogP) is 3.46. The Bertz CT molecular complexity index is 786. The quantitative estimate of drug-likeness (QED) is 0.743. The zero-order valence-corrected chi connectivity index (χ0v) is 16.5. The second kappa shape index (κ2) is 7.81. The molecule has 0 radical (unpaired) electrons. The van der Waals surface area contributed by atoms with Crippen LogP contribution < -0.4 is 16.0 Å². The van der Waals surface area contributed by atoms with E-state index in [1.807, 2.05) is 26.0 Å². The van der Waals surface area contributed by atoms with E-state index >= 15 is 0 Å². The van der Waals surface area contributed by atoms with Crippen molar-refractivity contribution in [1.82, 2.24) is 9.55 Å². The first-order valence-electron chi connectivity index (χ1n) is 7.44. The number of rotatable bonds is 2. The Hall–Kier alpha value is -1.57. The maximum absolute atomic E-state index is 11.9. The van der Waals surface area contributed by atoms with E-state index in [0.29, 0.717) is 5.69 Å². The van der Waals surface area contributed by atoms with Crippen molar-refractivity contribution in [3.63, 3.8) is 0 Å². The lowest BCUT2D eigenvalue weighted by molar-refractivity contribution is 0.394. The molecule has 126 valence electrons. The van der Waals surface area contributed by atoms with Gasteiger partial charge in [0.05, 0.1) is 16.4 Å². The topological polar surface area (TPSA) is 64.1 Å². The standard InChI is InChI=1S/C15H17IN2O3.C2H6/c1-15(2,3)10-7-9(8-11(16)13(10)21-4)18-6-5-12(19)17-14(18)20;1-2/h5-8H,1-4H3,(H,17,19,20);1-2H3. The maximum Gasteiger partial charge on any atom is 0.332 e. The van der Waals surface area contributed by atoms with E-state index in [1.54, 1.807) is 7.11 Å². The van der Waals surface area contributed by atoms with Crippen molar-refractivity contribution in [2.75, 3.05) is 7.11 Å². The molecule has 0 saturated heterocycles. The molecule has 0 aliphatic rings. The van der Waals surface area contributed by atoms with Gasteiger partial charge in [0.25, 0.3) is 5.56 Å². The number of aromatic amines is 1. The molecule has 1 aromatic heterocycles. The lowest BCUT2D eigenvalue weighted by atomic mass is 9.86. The lowest BCUT2D eigenvalue weighted by Crippen LogP contribution is -2.28. The Morgan fingerprint density at radius 3 is 2.26 bits per heavy atom. The summed E-state index contributed by atoms with van der Waals surface area (Å²) < 4.78 is 7.82. The van der Waals surface area contributed by atoms with Crippen LogP contribution in [0.15, 0.2) is 34.0 Å². The highest BCUT2D eigenvalue weighted by Crippen LogP contribution is 2.36. The zero-order valence-electron chi connectivity index (χ0n) is 14.4. The number of nitrogens with one attached hydrogen (secondary N) is 1. The fourth-order valence-electron chi connectivity index (χ4n) is 2.10. The van der Waals surface area contributed by atoms with Gasteiger partial charge in [-0.25, -0.2) is 4.79 Å². The summed E-state index contributed by atoms with van der Waals surface area (Å²) in [7, 11) is 1.64. The average molecular weight is 430 g/mol. The summed E-state index contributed by atoms with van der Waals surface area (Å²) in [6, 6.07) is 5.10. The van der Waals surface area contributed by atoms with E-state index in [2.05, 4.69) is 48.3 Å². The van der Waals surface area contributed by atoms with Gasteiger partial charge in [-0.2, -0.15) is 0 Å². The number of halogens is 1. The van der Waals surface area contributed by atoms with Crippen LogP contribution in [0.2, 0.25) is 0 Å². The first-order valence-corrected chi connectivity index (χ1v) is 8.52. The van der Waals surface area contributed by atoms with Crippen LogP contribution >= 0.6 is 22.6 Å². The van der Waals surface area contributed by atoms with Crippen molar-refractivity contribution in [3.05, 3.63) is 54.4 Å². The minimum Gasteiger partial charge on any atom is -0.495 e.